The van der Waals surface area contributed by atoms with Gasteiger partial charge >= 0.3 is 0 Å². The van der Waals surface area contributed by atoms with E-state index in [-0.39, 0.29) is 5.60 Å². The number of unbranched alkanes of at least 4 members (excludes halogenated alkanes) is 2. The zero-order valence-electron chi connectivity index (χ0n) is 9.64. The molecule has 0 N–H and O–H groups in total. The fraction of sp³-hybridized carbons (Fsp3) is 1.00. The van der Waals surface area contributed by atoms with E-state index < -0.39 is 0 Å². The molecule has 14 heavy (non-hydrogen) atoms. The predicted molar refractivity (Wildman–Crippen MR) is 64.2 cm³/mol. The van der Waals surface area contributed by atoms with Gasteiger partial charge in [-0.3, -0.25) is 0 Å². The normalized spacial score (nSPS) is 12.0. The van der Waals surface area contributed by atoms with Crippen molar-refractivity contribution in [3.8, 4) is 0 Å². The maximum atomic E-state index is 5.52. The van der Waals surface area contributed by atoms with E-state index in [4.69, 9.17) is 9.47 Å². The van der Waals surface area contributed by atoms with Gasteiger partial charge in [0.15, 0.2) is 0 Å². The van der Waals surface area contributed by atoms with Gasteiger partial charge in [0.2, 0.25) is 0 Å². The van der Waals surface area contributed by atoms with E-state index in [9.17, 15) is 0 Å². The van der Waals surface area contributed by atoms with Gasteiger partial charge in [0.1, 0.15) is 0 Å². The first-order chi connectivity index (χ1) is 6.56. The average Bonchev–Trinajstić information content (AvgIpc) is 2.08. The third-order valence-corrected chi connectivity index (χ3v) is 2.25. The van der Waals surface area contributed by atoms with Crippen molar-refractivity contribution in [1.29, 1.82) is 0 Å². The van der Waals surface area contributed by atoms with Gasteiger partial charge in [-0.25, -0.2) is 0 Å². The van der Waals surface area contributed by atoms with E-state index in [0.29, 0.717) is 13.2 Å². The predicted octanol–water partition coefficient (Wildman–Crippen LogP) is 3.38. The zero-order valence-corrected chi connectivity index (χ0v) is 11.2. The Labute approximate surface area is 96.5 Å². The van der Waals surface area contributed by atoms with E-state index in [2.05, 4.69) is 36.7 Å². The summed E-state index contributed by atoms with van der Waals surface area (Å²) in [6, 6.07) is 0. The smallest absolute Gasteiger partial charge is 0.0707 e. The third-order valence-electron chi connectivity index (χ3n) is 1.69. The van der Waals surface area contributed by atoms with Crippen LogP contribution in [-0.2, 0) is 9.47 Å². The number of rotatable bonds is 8. The Hall–Kier alpha value is 0.400. The van der Waals surface area contributed by atoms with Gasteiger partial charge in [-0.15, -0.1) is 0 Å². The summed E-state index contributed by atoms with van der Waals surface area (Å²) in [5.41, 5.74) is -0.0423. The number of ether oxygens (including phenoxy) is 2. The van der Waals surface area contributed by atoms with Crippen LogP contribution in [-0.4, -0.2) is 30.8 Å². The lowest BCUT2D eigenvalue weighted by molar-refractivity contribution is -0.0351. The lowest BCUT2D eigenvalue weighted by atomic mass is 10.2. The van der Waals surface area contributed by atoms with E-state index in [1.807, 2.05) is 0 Å². The second kappa shape index (κ2) is 8.69. The molecular weight excluding hydrogens is 244 g/mol. The molecule has 0 aliphatic carbocycles. The fourth-order valence-electron chi connectivity index (χ4n) is 0.984. The molecule has 0 aliphatic heterocycles. The van der Waals surface area contributed by atoms with E-state index in [1.54, 1.807) is 0 Å². The summed E-state index contributed by atoms with van der Waals surface area (Å²) in [6.07, 6.45) is 3.63. The van der Waals surface area contributed by atoms with Crippen LogP contribution in [0.15, 0.2) is 0 Å². The quantitative estimate of drug-likeness (QED) is 0.496. The highest BCUT2D eigenvalue weighted by atomic mass is 79.9. The summed E-state index contributed by atoms with van der Waals surface area (Å²) in [7, 11) is 0. The molecule has 86 valence electrons. The minimum Gasteiger partial charge on any atom is -0.379 e. The minimum absolute atomic E-state index is 0.0423. The largest absolute Gasteiger partial charge is 0.379 e. The molecule has 0 radical (unpaired) electrons. The monoisotopic (exact) mass is 266 g/mol. The number of alkyl halides is 1. The van der Waals surface area contributed by atoms with Crippen LogP contribution in [0.4, 0.5) is 0 Å². The molecule has 0 saturated carbocycles. The van der Waals surface area contributed by atoms with Gasteiger partial charge in [-0.1, -0.05) is 22.4 Å². The lowest BCUT2D eigenvalue weighted by Crippen LogP contribution is -2.21. The van der Waals surface area contributed by atoms with Gasteiger partial charge in [0.05, 0.1) is 18.8 Å². The summed E-state index contributed by atoms with van der Waals surface area (Å²) < 4.78 is 11.0. The molecule has 0 saturated heterocycles. The molecule has 0 aromatic heterocycles. The van der Waals surface area contributed by atoms with Crippen molar-refractivity contribution >= 4 is 15.9 Å². The minimum atomic E-state index is -0.0423. The molecule has 0 rings (SSSR count). The van der Waals surface area contributed by atoms with Gasteiger partial charge in [-0.2, -0.15) is 0 Å². The van der Waals surface area contributed by atoms with Gasteiger partial charge in [0.25, 0.3) is 0 Å². The molecular formula is C11H23BrO2. The third kappa shape index (κ3) is 12.4. The Morgan fingerprint density at radius 2 is 1.64 bits per heavy atom. The first-order valence-electron chi connectivity index (χ1n) is 5.34. The van der Waals surface area contributed by atoms with Crippen LogP contribution in [0, 0.1) is 0 Å². The zero-order chi connectivity index (χ0) is 10.9. The highest BCUT2D eigenvalue weighted by molar-refractivity contribution is 9.09. The highest BCUT2D eigenvalue weighted by Gasteiger charge is 2.08. The Morgan fingerprint density at radius 1 is 0.929 bits per heavy atom. The second-order valence-electron chi connectivity index (χ2n) is 4.32. The van der Waals surface area contributed by atoms with Crippen molar-refractivity contribution in [2.24, 2.45) is 0 Å². The summed E-state index contributed by atoms with van der Waals surface area (Å²) in [6.45, 7) is 8.45. The van der Waals surface area contributed by atoms with Crippen LogP contribution in [0.2, 0.25) is 0 Å². The Balaban J connectivity index is 2.99. The molecule has 0 unspecified atom stereocenters. The van der Waals surface area contributed by atoms with Crippen molar-refractivity contribution < 1.29 is 9.47 Å². The van der Waals surface area contributed by atoms with E-state index >= 15 is 0 Å². The maximum Gasteiger partial charge on any atom is 0.0707 e. The first-order valence-corrected chi connectivity index (χ1v) is 6.46. The molecule has 0 spiro atoms. The van der Waals surface area contributed by atoms with E-state index in [0.717, 1.165) is 18.4 Å². The topological polar surface area (TPSA) is 18.5 Å². The molecule has 0 aliphatic rings. The molecule has 0 fully saturated rings. The number of hydrogen-bond donors (Lipinski definition) is 0. The molecule has 0 aromatic rings. The summed E-state index contributed by atoms with van der Waals surface area (Å²) in [4.78, 5) is 0. The average molecular weight is 267 g/mol. The van der Waals surface area contributed by atoms with Crippen LogP contribution in [0.3, 0.4) is 0 Å². The van der Waals surface area contributed by atoms with Gasteiger partial charge in [-0.05, 0) is 33.6 Å². The van der Waals surface area contributed by atoms with Crippen LogP contribution in [0.1, 0.15) is 40.0 Å². The van der Waals surface area contributed by atoms with Crippen LogP contribution in [0.5, 0.6) is 0 Å². The SMILES string of the molecule is CC(C)(C)OCCOCCCCCBr. The van der Waals surface area contributed by atoms with Crippen molar-refractivity contribution in [2.75, 3.05) is 25.2 Å². The summed E-state index contributed by atoms with van der Waals surface area (Å²) in [5, 5.41) is 1.10. The van der Waals surface area contributed by atoms with E-state index in [1.165, 1.54) is 12.8 Å². The molecule has 3 heteroatoms. The van der Waals surface area contributed by atoms with Crippen LogP contribution in [0.25, 0.3) is 0 Å². The van der Waals surface area contributed by atoms with Crippen LogP contribution >= 0.6 is 15.9 Å². The molecule has 0 bridgehead atoms. The molecule has 0 amide bonds. The van der Waals surface area contributed by atoms with Gasteiger partial charge < -0.3 is 9.47 Å². The number of hydrogen-bond acceptors (Lipinski definition) is 2. The fourth-order valence-corrected chi connectivity index (χ4v) is 1.38. The van der Waals surface area contributed by atoms with Crippen molar-refractivity contribution in [3.63, 3.8) is 0 Å². The molecule has 0 heterocycles. The molecule has 0 atom stereocenters. The Morgan fingerprint density at radius 3 is 2.21 bits per heavy atom. The van der Waals surface area contributed by atoms with Gasteiger partial charge in [0, 0.05) is 11.9 Å². The Kier molecular flexibility index (Phi) is 8.94. The molecule has 2 nitrogen and oxygen atoms in total. The van der Waals surface area contributed by atoms with Crippen LogP contribution < -0.4 is 0 Å². The standard InChI is InChI=1S/C11H23BrO2/c1-11(2,3)14-10-9-13-8-6-4-5-7-12/h4-10H2,1-3H3. The highest BCUT2D eigenvalue weighted by Crippen LogP contribution is 2.05. The summed E-state index contributed by atoms with van der Waals surface area (Å²) >= 11 is 3.40. The maximum absolute atomic E-state index is 5.52. The Bertz CT molecular complexity index is 121. The number of halogens is 1. The second-order valence-corrected chi connectivity index (χ2v) is 5.12. The van der Waals surface area contributed by atoms with Crippen molar-refractivity contribution in [3.05, 3.63) is 0 Å². The first kappa shape index (κ1) is 14.4. The molecule has 0 aromatic carbocycles. The van der Waals surface area contributed by atoms with Crippen molar-refractivity contribution in [2.45, 2.75) is 45.6 Å². The summed E-state index contributed by atoms with van der Waals surface area (Å²) in [5.74, 6) is 0. The van der Waals surface area contributed by atoms with Crippen molar-refractivity contribution in [1.82, 2.24) is 0 Å². The lowest BCUT2D eigenvalue weighted by Gasteiger charge is -2.19.